The minimum atomic E-state index is -1.05. The molecule has 0 radical (unpaired) electrons. The summed E-state index contributed by atoms with van der Waals surface area (Å²) in [5.74, 6) is -1.05. The standard InChI is InChI=1S/C8H8N2O4/c9-5-6(1-2-7(11)12)10-3-4-14-8(10)13/h1H,2-4H2,(H,11,12)/b6-1+. The van der Waals surface area contributed by atoms with Crippen LogP contribution in [-0.4, -0.2) is 35.2 Å². The molecule has 0 aliphatic carbocycles. The van der Waals surface area contributed by atoms with E-state index in [1.54, 1.807) is 6.07 Å². The number of rotatable bonds is 3. The molecule has 14 heavy (non-hydrogen) atoms. The van der Waals surface area contributed by atoms with Crippen molar-refractivity contribution in [3.8, 4) is 6.07 Å². The van der Waals surface area contributed by atoms with Gasteiger partial charge in [0.1, 0.15) is 18.4 Å². The minimum Gasteiger partial charge on any atom is -0.481 e. The smallest absolute Gasteiger partial charge is 0.415 e. The Morgan fingerprint density at radius 1 is 1.79 bits per heavy atom. The molecule has 0 saturated carbocycles. The summed E-state index contributed by atoms with van der Waals surface area (Å²) in [6, 6.07) is 1.75. The van der Waals surface area contributed by atoms with Crippen LogP contribution in [0.5, 0.6) is 0 Å². The van der Waals surface area contributed by atoms with Crippen LogP contribution in [0.3, 0.4) is 0 Å². The maximum absolute atomic E-state index is 11.0. The van der Waals surface area contributed by atoms with Gasteiger partial charge in [-0.15, -0.1) is 0 Å². The number of ether oxygens (including phenoxy) is 1. The Balaban J connectivity index is 2.71. The van der Waals surface area contributed by atoms with E-state index in [-0.39, 0.29) is 25.3 Å². The molecule has 1 N–H and O–H groups in total. The van der Waals surface area contributed by atoms with Gasteiger partial charge < -0.3 is 9.84 Å². The summed E-state index contributed by atoms with van der Waals surface area (Å²) in [6.07, 6.45) is 0.296. The Hall–Kier alpha value is -2.03. The van der Waals surface area contributed by atoms with Crippen LogP contribution < -0.4 is 0 Å². The second-order valence-corrected chi connectivity index (χ2v) is 2.57. The van der Waals surface area contributed by atoms with E-state index in [0.29, 0.717) is 0 Å². The molecule has 1 aliphatic heterocycles. The predicted molar refractivity (Wildman–Crippen MR) is 44.0 cm³/mol. The maximum atomic E-state index is 11.0. The molecule has 0 unspecified atom stereocenters. The summed E-state index contributed by atoms with van der Waals surface area (Å²) in [7, 11) is 0. The molecule has 0 bridgehead atoms. The molecule has 0 aromatic carbocycles. The summed E-state index contributed by atoms with van der Waals surface area (Å²) in [6.45, 7) is 0.517. The first kappa shape index (κ1) is 10.1. The second kappa shape index (κ2) is 4.28. The number of carbonyl (C=O) groups is 2. The zero-order valence-electron chi connectivity index (χ0n) is 7.27. The van der Waals surface area contributed by atoms with Crippen LogP contribution >= 0.6 is 0 Å². The summed E-state index contributed by atoms with van der Waals surface area (Å²) in [5, 5.41) is 17.0. The molecule has 0 aromatic rings. The van der Waals surface area contributed by atoms with E-state index in [1.807, 2.05) is 0 Å². The lowest BCUT2D eigenvalue weighted by Crippen LogP contribution is -2.22. The van der Waals surface area contributed by atoms with Crippen LogP contribution in [0.4, 0.5) is 4.79 Å². The van der Waals surface area contributed by atoms with Gasteiger partial charge in [-0.05, 0) is 6.08 Å². The number of hydrogen-bond acceptors (Lipinski definition) is 4. The fraction of sp³-hybridized carbons (Fsp3) is 0.375. The third kappa shape index (κ3) is 2.23. The SMILES string of the molecule is N#C/C(=C\CC(=O)O)N1CCOC1=O. The fourth-order valence-electron chi connectivity index (χ4n) is 1.01. The molecular formula is C8H8N2O4. The lowest BCUT2D eigenvalue weighted by atomic mass is 10.3. The van der Waals surface area contributed by atoms with Crippen LogP contribution in [0, 0.1) is 11.3 Å². The molecule has 1 fully saturated rings. The highest BCUT2D eigenvalue weighted by atomic mass is 16.6. The van der Waals surface area contributed by atoms with Gasteiger partial charge in [-0.3, -0.25) is 9.69 Å². The first-order valence-electron chi connectivity index (χ1n) is 3.91. The van der Waals surface area contributed by atoms with Crippen LogP contribution in [0.15, 0.2) is 11.8 Å². The minimum absolute atomic E-state index is 0.0231. The number of aliphatic carboxylic acids is 1. The topological polar surface area (TPSA) is 90.6 Å². The van der Waals surface area contributed by atoms with Crippen molar-refractivity contribution >= 4 is 12.1 Å². The monoisotopic (exact) mass is 196 g/mol. The molecule has 1 rings (SSSR count). The molecule has 0 atom stereocenters. The summed E-state index contributed by atoms with van der Waals surface area (Å²) >= 11 is 0. The molecule has 6 nitrogen and oxygen atoms in total. The van der Waals surface area contributed by atoms with Crippen molar-refractivity contribution in [1.29, 1.82) is 5.26 Å². The number of nitriles is 1. The summed E-state index contributed by atoms with van der Waals surface area (Å²) in [5.41, 5.74) is 0.0231. The largest absolute Gasteiger partial charge is 0.481 e. The second-order valence-electron chi connectivity index (χ2n) is 2.57. The first-order valence-corrected chi connectivity index (χ1v) is 3.91. The summed E-state index contributed by atoms with van der Waals surface area (Å²) in [4.78, 5) is 22.3. The van der Waals surface area contributed by atoms with Crippen molar-refractivity contribution in [3.63, 3.8) is 0 Å². The van der Waals surface area contributed by atoms with Gasteiger partial charge in [-0.2, -0.15) is 5.26 Å². The Kier molecular flexibility index (Phi) is 3.07. The molecular weight excluding hydrogens is 188 g/mol. The summed E-state index contributed by atoms with van der Waals surface area (Å²) < 4.78 is 4.60. The van der Waals surface area contributed by atoms with Crippen molar-refractivity contribution in [2.45, 2.75) is 6.42 Å². The van der Waals surface area contributed by atoms with Crippen molar-refractivity contribution in [2.24, 2.45) is 0 Å². The first-order chi connectivity index (χ1) is 6.65. The van der Waals surface area contributed by atoms with Gasteiger partial charge in [0.25, 0.3) is 0 Å². The quantitative estimate of drug-likeness (QED) is 0.656. The average Bonchev–Trinajstić information content (AvgIpc) is 2.53. The van der Waals surface area contributed by atoms with E-state index in [0.717, 1.165) is 4.90 Å². The number of carbonyl (C=O) groups excluding carboxylic acids is 1. The highest BCUT2D eigenvalue weighted by Crippen LogP contribution is 2.11. The van der Waals surface area contributed by atoms with E-state index in [1.165, 1.54) is 6.08 Å². The van der Waals surface area contributed by atoms with E-state index < -0.39 is 12.1 Å². The van der Waals surface area contributed by atoms with Crippen LogP contribution in [0.1, 0.15) is 6.42 Å². The Morgan fingerprint density at radius 2 is 2.50 bits per heavy atom. The number of cyclic esters (lactones) is 1. The van der Waals surface area contributed by atoms with E-state index in [4.69, 9.17) is 10.4 Å². The van der Waals surface area contributed by atoms with Gasteiger partial charge in [0.05, 0.1) is 13.0 Å². The number of carboxylic acids is 1. The Bertz CT molecular complexity index is 329. The average molecular weight is 196 g/mol. The van der Waals surface area contributed by atoms with Gasteiger partial charge in [-0.25, -0.2) is 4.79 Å². The predicted octanol–water partition coefficient (Wildman–Crippen LogP) is 0.321. The van der Waals surface area contributed by atoms with Gasteiger partial charge in [0, 0.05) is 0 Å². The number of carboxylic acid groups (broad SMARTS) is 1. The number of amides is 1. The van der Waals surface area contributed by atoms with Crippen LogP contribution in [0.2, 0.25) is 0 Å². The third-order valence-electron chi connectivity index (χ3n) is 1.64. The molecule has 0 spiro atoms. The van der Waals surface area contributed by atoms with Gasteiger partial charge in [0.15, 0.2) is 0 Å². The molecule has 1 saturated heterocycles. The van der Waals surface area contributed by atoms with Gasteiger partial charge in [0.2, 0.25) is 0 Å². The van der Waals surface area contributed by atoms with Crippen molar-refractivity contribution in [3.05, 3.63) is 11.8 Å². The number of nitrogens with zero attached hydrogens (tertiary/aromatic N) is 2. The highest BCUT2D eigenvalue weighted by molar-refractivity contribution is 5.74. The zero-order chi connectivity index (χ0) is 10.6. The van der Waals surface area contributed by atoms with E-state index in [9.17, 15) is 9.59 Å². The zero-order valence-corrected chi connectivity index (χ0v) is 7.27. The van der Waals surface area contributed by atoms with Crippen molar-refractivity contribution in [1.82, 2.24) is 4.90 Å². The Labute approximate surface area is 80.0 Å². The number of hydrogen-bond donors (Lipinski definition) is 1. The molecule has 1 amide bonds. The molecule has 1 aliphatic rings. The third-order valence-corrected chi connectivity index (χ3v) is 1.64. The van der Waals surface area contributed by atoms with Crippen molar-refractivity contribution < 1.29 is 19.4 Å². The Morgan fingerprint density at radius 3 is 2.93 bits per heavy atom. The maximum Gasteiger partial charge on any atom is 0.415 e. The van der Waals surface area contributed by atoms with Gasteiger partial charge >= 0.3 is 12.1 Å². The molecule has 0 aromatic heterocycles. The normalized spacial score (nSPS) is 16.4. The van der Waals surface area contributed by atoms with Gasteiger partial charge in [-0.1, -0.05) is 0 Å². The van der Waals surface area contributed by atoms with Crippen LogP contribution in [-0.2, 0) is 9.53 Å². The fourth-order valence-corrected chi connectivity index (χ4v) is 1.01. The van der Waals surface area contributed by atoms with E-state index in [2.05, 4.69) is 4.74 Å². The van der Waals surface area contributed by atoms with Crippen molar-refractivity contribution in [2.75, 3.05) is 13.2 Å². The lowest BCUT2D eigenvalue weighted by molar-refractivity contribution is -0.136. The van der Waals surface area contributed by atoms with E-state index >= 15 is 0 Å². The van der Waals surface area contributed by atoms with Crippen LogP contribution in [0.25, 0.3) is 0 Å². The molecule has 74 valence electrons. The lowest BCUT2D eigenvalue weighted by Gasteiger charge is -2.09. The number of allylic oxidation sites excluding steroid dienone is 1. The highest BCUT2D eigenvalue weighted by Gasteiger charge is 2.25. The molecule has 1 heterocycles. The molecule has 6 heteroatoms.